The minimum absolute atomic E-state index is 0.344. The van der Waals surface area contributed by atoms with Gasteiger partial charge in [-0.1, -0.05) is 5.16 Å². The fourth-order valence-electron chi connectivity index (χ4n) is 1.16. The molecule has 0 radical (unpaired) electrons. The number of carboxylic acid groups (broad SMARTS) is 1. The van der Waals surface area contributed by atoms with E-state index >= 15 is 0 Å². The Morgan fingerprint density at radius 1 is 1.50 bits per heavy atom. The van der Waals surface area contributed by atoms with Gasteiger partial charge >= 0.3 is 5.97 Å². The second-order valence-electron chi connectivity index (χ2n) is 3.02. The maximum atomic E-state index is 10.6. The third-order valence-corrected chi connectivity index (χ3v) is 2.93. The van der Waals surface area contributed by atoms with Gasteiger partial charge in [-0.3, -0.25) is 0 Å². The van der Waals surface area contributed by atoms with E-state index in [2.05, 4.69) is 20.0 Å². The van der Waals surface area contributed by atoms with Crippen molar-refractivity contribution in [3.8, 4) is 0 Å². The van der Waals surface area contributed by atoms with E-state index in [4.69, 9.17) is 5.11 Å². The highest BCUT2D eigenvalue weighted by atomic mass is 32.1. The SMILES string of the molecule is O=C(O)c1ccc(CNCc2ncon2)s1. The predicted octanol–water partition coefficient (Wildman–Crippen LogP) is 1.12. The Hall–Kier alpha value is -1.73. The molecule has 0 fully saturated rings. The van der Waals surface area contributed by atoms with Gasteiger partial charge in [-0.2, -0.15) is 4.98 Å². The molecule has 0 aliphatic carbocycles. The first-order chi connectivity index (χ1) is 7.75. The van der Waals surface area contributed by atoms with Crippen molar-refractivity contribution < 1.29 is 14.4 Å². The highest BCUT2D eigenvalue weighted by Crippen LogP contribution is 2.15. The number of hydrogen-bond donors (Lipinski definition) is 2. The first-order valence-electron chi connectivity index (χ1n) is 4.53. The maximum Gasteiger partial charge on any atom is 0.345 e. The molecule has 2 rings (SSSR count). The van der Waals surface area contributed by atoms with Crippen molar-refractivity contribution in [2.75, 3.05) is 0 Å². The van der Waals surface area contributed by atoms with E-state index in [0.717, 1.165) is 4.88 Å². The fourth-order valence-corrected chi connectivity index (χ4v) is 1.97. The molecule has 16 heavy (non-hydrogen) atoms. The van der Waals surface area contributed by atoms with Crippen molar-refractivity contribution in [2.45, 2.75) is 13.1 Å². The largest absolute Gasteiger partial charge is 0.477 e. The first kappa shape index (κ1) is 10.8. The van der Waals surface area contributed by atoms with E-state index < -0.39 is 5.97 Å². The summed E-state index contributed by atoms with van der Waals surface area (Å²) in [6.45, 7) is 1.09. The van der Waals surface area contributed by atoms with Crippen LogP contribution in [0.25, 0.3) is 0 Å². The van der Waals surface area contributed by atoms with Gasteiger partial charge in [0, 0.05) is 11.4 Å². The first-order valence-corrected chi connectivity index (χ1v) is 5.35. The third kappa shape index (κ3) is 2.65. The lowest BCUT2D eigenvalue weighted by Crippen LogP contribution is -2.12. The molecule has 0 atom stereocenters. The van der Waals surface area contributed by atoms with E-state index in [1.165, 1.54) is 17.7 Å². The Kier molecular flexibility index (Phi) is 3.28. The Bertz CT molecular complexity index is 466. The van der Waals surface area contributed by atoms with Gasteiger partial charge in [0.2, 0.25) is 6.39 Å². The highest BCUT2D eigenvalue weighted by Gasteiger charge is 2.06. The number of hydrogen-bond acceptors (Lipinski definition) is 6. The molecule has 84 valence electrons. The lowest BCUT2D eigenvalue weighted by Gasteiger charge is -1.97. The zero-order chi connectivity index (χ0) is 11.4. The number of carbonyl (C=O) groups is 1. The fraction of sp³-hybridized carbons (Fsp3) is 0.222. The van der Waals surface area contributed by atoms with Crippen LogP contribution in [-0.4, -0.2) is 21.2 Å². The van der Waals surface area contributed by atoms with Crippen molar-refractivity contribution in [1.82, 2.24) is 15.5 Å². The van der Waals surface area contributed by atoms with Crippen molar-refractivity contribution in [3.05, 3.63) is 34.1 Å². The zero-order valence-corrected chi connectivity index (χ0v) is 9.03. The number of carboxylic acids is 1. The van der Waals surface area contributed by atoms with Crippen LogP contribution in [0.1, 0.15) is 20.4 Å². The predicted molar refractivity (Wildman–Crippen MR) is 56.1 cm³/mol. The van der Waals surface area contributed by atoms with Gasteiger partial charge in [-0.15, -0.1) is 11.3 Å². The van der Waals surface area contributed by atoms with Crippen LogP contribution in [0.4, 0.5) is 0 Å². The van der Waals surface area contributed by atoms with Gasteiger partial charge in [-0.25, -0.2) is 4.79 Å². The summed E-state index contributed by atoms with van der Waals surface area (Å²) >= 11 is 1.25. The topological polar surface area (TPSA) is 88.2 Å². The number of thiophene rings is 1. The van der Waals surface area contributed by atoms with Crippen molar-refractivity contribution in [3.63, 3.8) is 0 Å². The van der Waals surface area contributed by atoms with Gasteiger partial charge in [-0.05, 0) is 12.1 Å². The molecule has 0 amide bonds. The molecular weight excluding hydrogens is 230 g/mol. The summed E-state index contributed by atoms with van der Waals surface area (Å²) in [5.74, 6) is -0.315. The van der Waals surface area contributed by atoms with E-state index in [-0.39, 0.29) is 0 Å². The van der Waals surface area contributed by atoms with E-state index in [1.807, 2.05) is 0 Å². The quantitative estimate of drug-likeness (QED) is 0.812. The summed E-state index contributed by atoms with van der Waals surface area (Å²) in [4.78, 5) is 15.8. The van der Waals surface area contributed by atoms with Crippen molar-refractivity contribution in [2.24, 2.45) is 0 Å². The van der Waals surface area contributed by atoms with Crippen molar-refractivity contribution in [1.29, 1.82) is 0 Å². The van der Waals surface area contributed by atoms with Crippen LogP contribution in [0.15, 0.2) is 23.0 Å². The van der Waals surface area contributed by atoms with Crippen LogP contribution in [0.5, 0.6) is 0 Å². The van der Waals surface area contributed by atoms with Crippen molar-refractivity contribution >= 4 is 17.3 Å². The van der Waals surface area contributed by atoms with E-state index in [0.29, 0.717) is 23.8 Å². The van der Waals surface area contributed by atoms with Gasteiger partial charge in [0.05, 0.1) is 6.54 Å². The zero-order valence-electron chi connectivity index (χ0n) is 8.21. The van der Waals surface area contributed by atoms with E-state index in [1.54, 1.807) is 12.1 Å². The molecule has 0 bridgehead atoms. The molecule has 0 spiro atoms. The molecule has 0 aliphatic heterocycles. The van der Waals surface area contributed by atoms with Crippen LogP contribution in [0.3, 0.4) is 0 Å². The monoisotopic (exact) mass is 239 g/mol. The van der Waals surface area contributed by atoms with Gasteiger partial charge < -0.3 is 14.9 Å². The van der Waals surface area contributed by atoms with Crippen LogP contribution in [0.2, 0.25) is 0 Å². The lowest BCUT2D eigenvalue weighted by atomic mass is 10.4. The molecule has 2 aromatic rings. The summed E-state index contributed by atoms with van der Waals surface area (Å²) in [5.41, 5.74) is 0. The molecule has 0 aliphatic rings. The van der Waals surface area contributed by atoms with Crippen LogP contribution in [0, 0.1) is 0 Å². The number of nitrogens with one attached hydrogen (secondary N) is 1. The summed E-state index contributed by atoms with van der Waals surface area (Å²) in [7, 11) is 0. The molecule has 2 aromatic heterocycles. The molecule has 6 nitrogen and oxygen atoms in total. The van der Waals surface area contributed by atoms with Gasteiger partial charge in [0.25, 0.3) is 0 Å². The molecule has 0 unspecified atom stereocenters. The number of aromatic carboxylic acids is 1. The van der Waals surface area contributed by atoms with E-state index in [9.17, 15) is 4.79 Å². The Labute approximate surface area is 94.9 Å². The average Bonchev–Trinajstić information content (AvgIpc) is 2.87. The Morgan fingerprint density at radius 3 is 3.00 bits per heavy atom. The van der Waals surface area contributed by atoms with Gasteiger partial charge in [0.15, 0.2) is 5.82 Å². The molecule has 2 heterocycles. The van der Waals surface area contributed by atoms with Crippen LogP contribution >= 0.6 is 11.3 Å². The minimum atomic E-state index is -0.894. The normalized spacial score (nSPS) is 10.5. The highest BCUT2D eigenvalue weighted by molar-refractivity contribution is 7.13. The smallest absolute Gasteiger partial charge is 0.345 e. The summed E-state index contributed by atoms with van der Waals surface area (Å²) in [6.07, 6.45) is 1.27. The van der Waals surface area contributed by atoms with Crippen LogP contribution in [-0.2, 0) is 13.1 Å². The minimum Gasteiger partial charge on any atom is -0.477 e. The number of nitrogens with zero attached hydrogens (tertiary/aromatic N) is 2. The second-order valence-corrected chi connectivity index (χ2v) is 4.19. The average molecular weight is 239 g/mol. The van der Waals surface area contributed by atoms with Gasteiger partial charge in [0.1, 0.15) is 4.88 Å². The Morgan fingerprint density at radius 2 is 2.38 bits per heavy atom. The molecule has 0 saturated heterocycles. The maximum absolute atomic E-state index is 10.6. The molecule has 2 N–H and O–H groups in total. The summed E-state index contributed by atoms with van der Waals surface area (Å²) in [6, 6.07) is 3.38. The molecular formula is C9H9N3O3S. The summed E-state index contributed by atoms with van der Waals surface area (Å²) in [5, 5.41) is 15.5. The second kappa shape index (κ2) is 4.86. The van der Waals surface area contributed by atoms with Crippen LogP contribution < -0.4 is 5.32 Å². The number of aromatic nitrogens is 2. The third-order valence-electron chi connectivity index (χ3n) is 1.86. The molecule has 0 saturated carbocycles. The standard InChI is InChI=1S/C9H9N3O3S/c13-9(14)7-2-1-6(16-7)3-10-4-8-11-5-15-12-8/h1-2,5,10H,3-4H2,(H,13,14). The molecule has 0 aromatic carbocycles. The molecule has 7 heteroatoms. The Balaban J connectivity index is 1.83. The lowest BCUT2D eigenvalue weighted by molar-refractivity contribution is 0.0702. The number of rotatable bonds is 5. The summed E-state index contributed by atoms with van der Waals surface area (Å²) < 4.78 is 4.58.